The smallest absolute Gasteiger partial charge is 0.123 e. The van der Waals surface area contributed by atoms with Crippen LogP contribution in [0.25, 0.3) is 0 Å². The van der Waals surface area contributed by atoms with E-state index < -0.39 is 0 Å². The Morgan fingerprint density at radius 3 is 2.40 bits per heavy atom. The van der Waals surface area contributed by atoms with Crippen LogP contribution < -0.4 is 0 Å². The van der Waals surface area contributed by atoms with Crippen molar-refractivity contribution in [3.63, 3.8) is 0 Å². The number of aliphatic hydroxyl groups is 1. The average molecular weight is 291 g/mol. The van der Waals surface area contributed by atoms with E-state index in [1.807, 2.05) is 49.3 Å². The molecule has 0 saturated carbocycles. The fraction of sp³-hybridized carbons (Fsp3) is 0.250. The second-order valence-electron chi connectivity index (χ2n) is 4.89. The van der Waals surface area contributed by atoms with E-state index in [1.165, 1.54) is 6.07 Å². The predicted molar refractivity (Wildman–Crippen MR) is 80.3 cm³/mol. The molecule has 2 aromatic rings. The van der Waals surface area contributed by atoms with Gasteiger partial charge in [-0.2, -0.15) is 0 Å². The highest BCUT2D eigenvalue weighted by molar-refractivity contribution is 7.99. The van der Waals surface area contributed by atoms with Crippen molar-refractivity contribution >= 4 is 11.8 Å². The predicted octanol–water partition coefficient (Wildman–Crippen LogP) is 3.53. The highest BCUT2D eigenvalue weighted by atomic mass is 32.2. The van der Waals surface area contributed by atoms with Crippen LogP contribution in [0.15, 0.2) is 52.3 Å². The maximum absolute atomic E-state index is 13.4. The minimum Gasteiger partial charge on any atom is -0.392 e. The highest BCUT2D eigenvalue weighted by Gasteiger charge is 2.07. The first kappa shape index (κ1) is 15.0. The largest absolute Gasteiger partial charge is 0.392 e. The Balaban J connectivity index is 2.22. The van der Waals surface area contributed by atoms with Crippen molar-refractivity contribution in [2.45, 2.75) is 22.9 Å². The van der Waals surface area contributed by atoms with E-state index in [9.17, 15) is 4.39 Å². The SMILES string of the molecule is CN(C)Cc1cc(F)ccc1Sc1ccc(CO)cc1. The molecule has 0 amide bonds. The number of aliphatic hydroxyl groups excluding tert-OH is 1. The van der Waals surface area contributed by atoms with E-state index in [2.05, 4.69) is 0 Å². The summed E-state index contributed by atoms with van der Waals surface area (Å²) < 4.78 is 13.4. The number of hydrogen-bond donors (Lipinski definition) is 1. The lowest BCUT2D eigenvalue weighted by molar-refractivity contribution is 0.282. The standard InChI is InChI=1S/C16H18FNOS/c1-18(2)10-13-9-14(17)5-8-16(13)20-15-6-3-12(11-19)4-7-15/h3-9,19H,10-11H2,1-2H3. The Labute approximate surface area is 123 Å². The number of nitrogens with zero attached hydrogens (tertiary/aromatic N) is 1. The summed E-state index contributed by atoms with van der Waals surface area (Å²) in [6, 6.07) is 12.6. The normalized spacial score (nSPS) is 11.1. The molecule has 2 nitrogen and oxygen atoms in total. The molecule has 0 aromatic heterocycles. The molecule has 1 N–H and O–H groups in total. The monoisotopic (exact) mass is 291 g/mol. The summed E-state index contributed by atoms with van der Waals surface area (Å²) in [4.78, 5) is 4.15. The van der Waals surface area contributed by atoms with Crippen molar-refractivity contribution in [3.8, 4) is 0 Å². The number of hydrogen-bond acceptors (Lipinski definition) is 3. The molecule has 0 aliphatic heterocycles. The van der Waals surface area contributed by atoms with Gasteiger partial charge in [0.15, 0.2) is 0 Å². The molecule has 20 heavy (non-hydrogen) atoms. The summed E-state index contributed by atoms with van der Waals surface area (Å²) in [5.74, 6) is -0.207. The lowest BCUT2D eigenvalue weighted by Gasteiger charge is -2.14. The molecule has 0 unspecified atom stereocenters. The molecule has 106 valence electrons. The first-order valence-corrected chi connectivity index (χ1v) is 7.21. The molecular formula is C16H18FNOS. The molecule has 0 fully saturated rings. The molecular weight excluding hydrogens is 273 g/mol. The van der Waals surface area contributed by atoms with Gasteiger partial charge in [0.05, 0.1) is 6.61 Å². The van der Waals surface area contributed by atoms with Gasteiger partial charge in [-0.15, -0.1) is 0 Å². The van der Waals surface area contributed by atoms with Gasteiger partial charge in [0.2, 0.25) is 0 Å². The van der Waals surface area contributed by atoms with E-state index in [-0.39, 0.29) is 12.4 Å². The summed E-state index contributed by atoms with van der Waals surface area (Å²) in [7, 11) is 3.94. The van der Waals surface area contributed by atoms with E-state index in [1.54, 1.807) is 17.8 Å². The highest BCUT2D eigenvalue weighted by Crippen LogP contribution is 2.31. The second-order valence-corrected chi connectivity index (χ2v) is 6.01. The summed E-state index contributed by atoms with van der Waals surface area (Å²) in [6.45, 7) is 0.752. The van der Waals surface area contributed by atoms with Crippen molar-refractivity contribution in [2.75, 3.05) is 14.1 Å². The number of halogens is 1. The molecule has 0 aliphatic carbocycles. The van der Waals surface area contributed by atoms with Gasteiger partial charge in [-0.1, -0.05) is 23.9 Å². The zero-order valence-corrected chi connectivity index (χ0v) is 12.5. The van der Waals surface area contributed by atoms with Crippen molar-refractivity contribution in [2.24, 2.45) is 0 Å². The van der Waals surface area contributed by atoms with Crippen molar-refractivity contribution < 1.29 is 9.50 Å². The Bertz CT molecular complexity index is 569. The Morgan fingerprint density at radius 1 is 1.10 bits per heavy atom. The lowest BCUT2D eigenvalue weighted by Crippen LogP contribution is -2.11. The van der Waals surface area contributed by atoms with Crippen LogP contribution in [0.2, 0.25) is 0 Å². The molecule has 0 bridgehead atoms. The third-order valence-corrected chi connectivity index (χ3v) is 3.97. The summed E-state index contributed by atoms with van der Waals surface area (Å²) in [5, 5.41) is 9.04. The van der Waals surface area contributed by atoms with Gasteiger partial charge in [-0.25, -0.2) is 4.39 Å². The fourth-order valence-corrected chi connectivity index (χ4v) is 2.82. The Morgan fingerprint density at radius 2 is 1.80 bits per heavy atom. The van der Waals surface area contributed by atoms with Crippen LogP contribution in [0.1, 0.15) is 11.1 Å². The van der Waals surface area contributed by atoms with Gasteiger partial charge in [0.1, 0.15) is 5.82 Å². The first-order chi connectivity index (χ1) is 9.58. The molecule has 2 aromatic carbocycles. The molecule has 0 saturated heterocycles. The molecule has 0 aliphatic rings. The summed E-state index contributed by atoms with van der Waals surface area (Å²) >= 11 is 1.61. The zero-order chi connectivity index (χ0) is 14.5. The topological polar surface area (TPSA) is 23.5 Å². The van der Waals surface area contributed by atoms with Crippen molar-refractivity contribution in [1.29, 1.82) is 0 Å². The average Bonchev–Trinajstić information content (AvgIpc) is 2.42. The van der Waals surface area contributed by atoms with Gasteiger partial charge >= 0.3 is 0 Å². The number of benzene rings is 2. The first-order valence-electron chi connectivity index (χ1n) is 6.39. The minimum atomic E-state index is -0.207. The maximum atomic E-state index is 13.4. The van der Waals surface area contributed by atoms with Gasteiger partial charge in [-0.3, -0.25) is 0 Å². The molecule has 4 heteroatoms. The molecule has 0 heterocycles. The molecule has 0 spiro atoms. The van der Waals surface area contributed by atoms with Gasteiger partial charge in [-0.05, 0) is 55.6 Å². The van der Waals surface area contributed by atoms with Crippen LogP contribution in [0.3, 0.4) is 0 Å². The Kier molecular flexibility index (Phi) is 5.17. The van der Waals surface area contributed by atoms with E-state index in [4.69, 9.17) is 5.11 Å². The third-order valence-electron chi connectivity index (χ3n) is 2.84. The fourth-order valence-electron chi connectivity index (χ4n) is 1.90. The molecule has 0 atom stereocenters. The van der Waals surface area contributed by atoms with Crippen LogP contribution in [0.4, 0.5) is 4.39 Å². The third kappa shape index (κ3) is 4.07. The van der Waals surface area contributed by atoms with Crippen LogP contribution in [0.5, 0.6) is 0 Å². The lowest BCUT2D eigenvalue weighted by atomic mass is 10.2. The maximum Gasteiger partial charge on any atom is 0.123 e. The second kappa shape index (κ2) is 6.88. The molecule has 2 rings (SSSR count). The van der Waals surface area contributed by atoms with E-state index in [0.717, 1.165) is 20.9 Å². The van der Waals surface area contributed by atoms with Crippen LogP contribution >= 0.6 is 11.8 Å². The van der Waals surface area contributed by atoms with Gasteiger partial charge in [0.25, 0.3) is 0 Å². The van der Waals surface area contributed by atoms with E-state index >= 15 is 0 Å². The van der Waals surface area contributed by atoms with Crippen LogP contribution in [-0.2, 0) is 13.2 Å². The van der Waals surface area contributed by atoms with Gasteiger partial charge in [0, 0.05) is 16.3 Å². The minimum absolute atomic E-state index is 0.0490. The molecule has 0 radical (unpaired) electrons. The summed E-state index contributed by atoms with van der Waals surface area (Å²) in [6.07, 6.45) is 0. The van der Waals surface area contributed by atoms with E-state index in [0.29, 0.717) is 6.54 Å². The Hall–Kier alpha value is -1.36. The summed E-state index contributed by atoms with van der Waals surface area (Å²) in [5.41, 5.74) is 1.87. The van der Waals surface area contributed by atoms with Crippen molar-refractivity contribution in [3.05, 3.63) is 59.4 Å². The quantitative estimate of drug-likeness (QED) is 0.911. The van der Waals surface area contributed by atoms with Crippen LogP contribution in [0, 0.1) is 5.82 Å². The van der Waals surface area contributed by atoms with Crippen molar-refractivity contribution in [1.82, 2.24) is 4.90 Å². The van der Waals surface area contributed by atoms with Gasteiger partial charge < -0.3 is 10.0 Å². The van der Waals surface area contributed by atoms with Crippen LogP contribution in [-0.4, -0.2) is 24.1 Å². The zero-order valence-electron chi connectivity index (χ0n) is 11.6. The number of rotatable bonds is 5.